The summed E-state index contributed by atoms with van der Waals surface area (Å²) >= 11 is 0. The van der Waals surface area contributed by atoms with Crippen LogP contribution in [0.5, 0.6) is 11.5 Å². The molecule has 2 rings (SSSR count). The van der Waals surface area contributed by atoms with Gasteiger partial charge in [-0.05, 0) is 67.3 Å². The van der Waals surface area contributed by atoms with E-state index in [2.05, 4.69) is 43.1 Å². The van der Waals surface area contributed by atoms with Crippen LogP contribution in [0.2, 0.25) is 0 Å². The highest BCUT2D eigenvalue weighted by atomic mass is 16.5. The van der Waals surface area contributed by atoms with Crippen molar-refractivity contribution in [2.45, 2.75) is 149 Å². The molecule has 0 aliphatic heterocycles. The second kappa shape index (κ2) is 24.3. The molecule has 0 N–H and O–H groups in total. The van der Waals surface area contributed by atoms with Crippen LogP contribution in [0.3, 0.4) is 0 Å². The second-order valence-electron chi connectivity index (χ2n) is 11.6. The van der Waals surface area contributed by atoms with Crippen molar-refractivity contribution in [2.75, 3.05) is 13.2 Å². The lowest BCUT2D eigenvalue weighted by Crippen LogP contribution is -2.00. The molecule has 0 aliphatic rings. The van der Waals surface area contributed by atoms with Crippen LogP contribution < -0.4 is 9.47 Å². The van der Waals surface area contributed by atoms with Crippen LogP contribution in [0, 0.1) is 0 Å². The van der Waals surface area contributed by atoms with Crippen LogP contribution in [0.15, 0.2) is 52.7 Å². The molecule has 0 saturated carbocycles. The van der Waals surface area contributed by atoms with Crippen molar-refractivity contribution in [3.8, 4) is 11.5 Å². The van der Waals surface area contributed by atoms with Crippen molar-refractivity contribution in [1.29, 1.82) is 0 Å². The van der Waals surface area contributed by atoms with Gasteiger partial charge in [0.25, 0.3) is 0 Å². The fraction of sp³-hybridized carbons (Fsp3) is 0.676. The Morgan fingerprint density at radius 3 is 1.46 bits per heavy atom. The van der Waals surface area contributed by atoms with Crippen molar-refractivity contribution < 1.29 is 9.47 Å². The number of hydrogen-bond donors (Lipinski definition) is 0. The van der Waals surface area contributed by atoms with Gasteiger partial charge in [-0.1, -0.05) is 130 Å². The molecule has 2 aromatic carbocycles. The molecule has 0 amide bonds. The first-order valence-corrected chi connectivity index (χ1v) is 17.2. The zero-order valence-corrected chi connectivity index (χ0v) is 26.8. The van der Waals surface area contributed by atoms with Gasteiger partial charge in [0.2, 0.25) is 0 Å². The SMILES string of the molecule is CCCCCCCCCCCOc1ccc(N=Nc2ccc(OCCCCCCCCCCC)c(CCC)c2)cc1. The van der Waals surface area contributed by atoms with Crippen LogP contribution in [0.25, 0.3) is 0 Å². The third-order valence-electron chi connectivity index (χ3n) is 7.70. The summed E-state index contributed by atoms with van der Waals surface area (Å²) in [6.07, 6.45) is 26.0. The fourth-order valence-electron chi connectivity index (χ4n) is 5.16. The smallest absolute Gasteiger partial charge is 0.122 e. The molecule has 230 valence electrons. The van der Waals surface area contributed by atoms with Crippen LogP contribution in [0.4, 0.5) is 11.4 Å². The van der Waals surface area contributed by atoms with Crippen LogP contribution in [-0.2, 0) is 6.42 Å². The highest BCUT2D eigenvalue weighted by Gasteiger charge is 2.06. The Morgan fingerprint density at radius 2 is 0.927 bits per heavy atom. The average molecular weight is 565 g/mol. The van der Waals surface area contributed by atoms with E-state index in [4.69, 9.17) is 9.47 Å². The van der Waals surface area contributed by atoms with E-state index in [1.807, 2.05) is 30.3 Å². The molecule has 0 bridgehead atoms. The number of hydrogen-bond acceptors (Lipinski definition) is 4. The second-order valence-corrected chi connectivity index (χ2v) is 11.6. The quantitative estimate of drug-likeness (QED) is 0.0842. The van der Waals surface area contributed by atoms with Gasteiger partial charge in [-0.25, -0.2) is 0 Å². The summed E-state index contributed by atoms with van der Waals surface area (Å²) in [5.74, 6) is 1.90. The first-order valence-electron chi connectivity index (χ1n) is 17.2. The van der Waals surface area contributed by atoms with E-state index in [-0.39, 0.29) is 0 Å². The highest BCUT2D eigenvalue weighted by molar-refractivity contribution is 5.48. The van der Waals surface area contributed by atoms with Gasteiger partial charge >= 0.3 is 0 Å². The minimum absolute atomic E-state index is 0.782. The minimum atomic E-state index is 0.782. The average Bonchev–Trinajstić information content (AvgIpc) is 2.99. The lowest BCUT2D eigenvalue weighted by atomic mass is 10.1. The number of aryl methyl sites for hydroxylation is 1. The molecule has 41 heavy (non-hydrogen) atoms. The summed E-state index contributed by atoms with van der Waals surface area (Å²) in [7, 11) is 0. The summed E-state index contributed by atoms with van der Waals surface area (Å²) in [6, 6.07) is 14.1. The predicted octanol–water partition coefficient (Wildman–Crippen LogP) is 12.9. The van der Waals surface area contributed by atoms with Gasteiger partial charge in [-0.3, -0.25) is 0 Å². The van der Waals surface area contributed by atoms with Gasteiger partial charge < -0.3 is 9.47 Å². The maximum atomic E-state index is 6.17. The normalized spacial score (nSPS) is 11.4. The summed E-state index contributed by atoms with van der Waals surface area (Å²) in [5.41, 5.74) is 2.93. The van der Waals surface area contributed by atoms with Crippen LogP contribution >= 0.6 is 0 Å². The Bertz CT molecular complexity index is 910. The van der Waals surface area contributed by atoms with Crippen molar-refractivity contribution in [1.82, 2.24) is 0 Å². The number of azo groups is 1. The molecule has 0 unspecified atom stereocenters. The van der Waals surface area contributed by atoms with E-state index >= 15 is 0 Å². The van der Waals surface area contributed by atoms with Gasteiger partial charge in [-0.15, -0.1) is 0 Å². The number of rotatable bonds is 26. The van der Waals surface area contributed by atoms with E-state index in [1.54, 1.807) is 0 Å². The van der Waals surface area contributed by atoms with Gasteiger partial charge in [0.05, 0.1) is 24.6 Å². The number of benzene rings is 2. The maximum absolute atomic E-state index is 6.17. The minimum Gasteiger partial charge on any atom is -0.494 e. The Balaban J connectivity index is 1.67. The Morgan fingerprint density at radius 1 is 0.463 bits per heavy atom. The lowest BCUT2D eigenvalue weighted by molar-refractivity contribution is 0.301. The summed E-state index contributed by atoms with van der Waals surface area (Å²) < 4.78 is 12.1. The Labute approximate surface area is 252 Å². The first-order chi connectivity index (χ1) is 20.3. The highest BCUT2D eigenvalue weighted by Crippen LogP contribution is 2.28. The topological polar surface area (TPSA) is 43.2 Å². The molecule has 2 aromatic rings. The Hall–Kier alpha value is -2.36. The fourth-order valence-corrected chi connectivity index (χ4v) is 5.16. The number of unbranched alkanes of at least 4 members (excludes halogenated alkanes) is 16. The molecule has 4 nitrogen and oxygen atoms in total. The summed E-state index contributed by atoms with van der Waals surface area (Å²) in [5, 5.41) is 8.96. The van der Waals surface area contributed by atoms with Crippen molar-refractivity contribution >= 4 is 11.4 Å². The van der Waals surface area contributed by atoms with E-state index in [1.165, 1.54) is 108 Å². The third-order valence-corrected chi connectivity index (χ3v) is 7.70. The molecule has 0 aromatic heterocycles. The molecule has 0 radical (unpaired) electrons. The third kappa shape index (κ3) is 17.3. The van der Waals surface area contributed by atoms with Crippen molar-refractivity contribution in [3.05, 3.63) is 48.0 Å². The van der Waals surface area contributed by atoms with Crippen molar-refractivity contribution in [3.63, 3.8) is 0 Å². The van der Waals surface area contributed by atoms with Crippen LogP contribution in [-0.4, -0.2) is 13.2 Å². The number of nitrogens with zero attached hydrogens (tertiary/aromatic N) is 2. The molecular formula is C37H60N2O2. The standard InChI is InChI=1S/C37H60N2O2/c1-4-7-9-11-13-15-17-19-21-30-40-36-27-24-34(25-28-36)38-39-35-26-29-37(33(32-35)23-6-3)41-31-22-20-18-16-14-12-10-8-5-2/h24-29,32H,4-23,30-31H2,1-3H3. The first kappa shape index (κ1) is 34.8. The zero-order valence-electron chi connectivity index (χ0n) is 26.8. The zero-order chi connectivity index (χ0) is 29.2. The Kier molecular flexibility index (Phi) is 20.6. The molecule has 0 spiro atoms. The van der Waals surface area contributed by atoms with Gasteiger partial charge in [0, 0.05) is 0 Å². The molecule has 0 saturated heterocycles. The largest absolute Gasteiger partial charge is 0.494 e. The lowest BCUT2D eigenvalue weighted by Gasteiger charge is -2.12. The maximum Gasteiger partial charge on any atom is 0.122 e. The molecule has 0 heterocycles. The number of ether oxygens (including phenoxy) is 2. The van der Waals surface area contributed by atoms with E-state index in [9.17, 15) is 0 Å². The van der Waals surface area contributed by atoms with Gasteiger partial charge in [-0.2, -0.15) is 10.2 Å². The van der Waals surface area contributed by atoms with Crippen LogP contribution in [0.1, 0.15) is 148 Å². The molecular weight excluding hydrogens is 504 g/mol. The predicted molar refractivity (Wildman–Crippen MR) is 176 cm³/mol. The van der Waals surface area contributed by atoms with E-state index in [0.29, 0.717) is 0 Å². The molecule has 0 aliphatic carbocycles. The van der Waals surface area contributed by atoms with Gasteiger partial charge in [0.15, 0.2) is 0 Å². The molecule has 4 heteroatoms. The van der Waals surface area contributed by atoms with E-state index in [0.717, 1.165) is 61.8 Å². The van der Waals surface area contributed by atoms with Crippen molar-refractivity contribution in [2.24, 2.45) is 10.2 Å². The monoisotopic (exact) mass is 564 g/mol. The van der Waals surface area contributed by atoms with Gasteiger partial charge in [0.1, 0.15) is 11.5 Å². The molecule has 0 atom stereocenters. The van der Waals surface area contributed by atoms with E-state index < -0.39 is 0 Å². The summed E-state index contributed by atoms with van der Waals surface area (Å²) in [6.45, 7) is 8.33. The summed E-state index contributed by atoms with van der Waals surface area (Å²) in [4.78, 5) is 0. The molecule has 0 fully saturated rings.